The number of benzene rings is 1. The van der Waals surface area contributed by atoms with Crippen molar-refractivity contribution < 1.29 is 9.59 Å². The Kier molecular flexibility index (Phi) is 3.54. The van der Waals surface area contributed by atoms with Crippen molar-refractivity contribution in [3.8, 4) is 0 Å². The van der Waals surface area contributed by atoms with E-state index < -0.39 is 11.7 Å². The first-order valence-corrected chi connectivity index (χ1v) is 6.59. The van der Waals surface area contributed by atoms with E-state index in [2.05, 4.69) is 15.9 Å². The maximum Gasteiger partial charge on any atom is 0.299 e. The van der Waals surface area contributed by atoms with Crippen LogP contribution in [0.3, 0.4) is 0 Å². The highest BCUT2D eigenvalue weighted by atomic mass is 79.9. The zero-order valence-electron chi connectivity index (χ0n) is 9.24. The number of hydrogen-bond acceptors (Lipinski definition) is 2. The van der Waals surface area contributed by atoms with Crippen LogP contribution in [-0.2, 0) is 4.79 Å². The minimum absolute atomic E-state index is 0.145. The molecule has 1 aliphatic rings. The number of Topliss-reactive ketones (excluding diaryl/α,β-unsaturated/α-hetero) is 1. The first kappa shape index (κ1) is 12.6. The molecule has 0 bridgehead atoms. The summed E-state index contributed by atoms with van der Waals surface area (Å²) in [6.07, 6.45) is 0. The zero-order chi connectivity index (χ0) is 12.6. The van der Waals surface area contributed by atoms with Crippen LogP contribution >= 0.6 is 27.5 Å². The summed E-state index contributed by atoms with van der Waals surface area (Å²) in [6, 6.07) is 5.25. The summed E-state index contributed by atoms with van der Waals surface area (Å²) in [5.74, 6) is -0.309. The van der Waals surface area contributed by atoms with E-state index in [0.717, 1.165) is 4.47 Å². The van der Waals surface area contributed by atoms with E-state index in [1.54, 1.807) is 12.1 Å². The molecule has 2 rings (SSSR count). The highest BCUT2D eigenvalue weighted by molar-refractivity contribution is 9.10. The lowest BCUT2D eigenvalue weighted by atomic mass is 10.1. The quantitative estimate of drug-likeness (QED) is 0.635. The predicted molar refractivity (Wildman–Crippen MR) is 70.7 cm³/mol. The molecule has 1 aromatic rings. The van der Waals surface area contributed by atoms with Crippen LogP contribution in [0.25, 0.3) is 0 Å². The number of nitrogens with zero attached hydrogens (tertiary/aromatic N) is 1. The average Bonchev–Trinajstić information content (AvgIpc) is 2.56. The van der Waals surface area contributed by atoms with Gasteiger partial charge in [-0.3, -0.25) is 9.59 Å². The molecular weight excluding hydrogens is 305 g/mol. The van der Waals surface area contributed by atoms with Crippen LogP contribution in [0, 0.1) is 5.92 Å². The molecule has 1 amide bonds. The van der Waals surface area contributed by atoms with Gasteiger partial charge in [-0.15, -0.1) is 11.6 Å². The second kappa shape index (κ2) is 4.78. The van der Waals surface area contributed by atoms with Gasteiger partial charge in [0.2, 0.25) is 0 Å². The fraction of sp³-hybridized carbons (Fsp3) is 0.333. The van der Waals surface area contributed by atoms with Gasteiger partial charge in [0, 0.05) is 16.9 Å². The van der Waals surface area contributed by atoms with E-state index in [-0.39, 0.29) is 5.92 Å². The summed E-state index contributed by atoms with van der Waals surface area (Å²) in [7, 11) is 0. The molecule has 1 aromatic carbocycles. The summed E-state index contributed by atoms with van der Waals surface area (Å²) in [5, 5.41) is 0. The number of amides is 1. The van der Waals surface area contributed by atoms with Gasteiger partial charge in [0.05, 0.1) is 11.3 Å². The highest BCUT2D eigenvalue weighted by Crippen LogP contribution is 2.36. The number of alkyl halides is 1. The molecular formula is C12H11BrClNO2. The van der Waals surface area contributed by atoms with Crippen LogP contribution < -0.4 is 4.90 Å². The van der Waals surface area contributed by atoms with Gasteiger partial charge in [-0.1, -0.05) is 13.0 Å². The molecule has 0 radical (unpaired) electrons. The summed E-state index contributed by atoms with van der Waals surface area (Å²) in [4.78, 5) is 25.2. The van der Waals surface area contributed by atoms with Gasteiger partial charge in [0.1, 0.15) is 0 Å². The first-order chi connectivity index (χ1) is 8.06. The maximum atomic E-state index is 11.9. The summed E-state index contributed by atoms with van der Waals surface area (Å²) in [6.45, 7) is 2.41. The van der Waals surface area contributed by atoms with Gasteiger partial charge in [-0.25, -0.2) is 0 Å². The molecule has 0 N–H and O–H groups in total. The number of fused-ring (bicyclic) bond motifs is 1. The van der Waals surface area contributed by atoms with Crippen molar-refractivity contribution in [1.29, 1.82) is 0 Å². The zero-order valence-corrected chi connectivity index (χ0v) is 11.6. The Morgan fingerprint density at radius 3 is 2.76 bits per heavy atom. The van der Waals surface area contributed by atoms with Crippen molar-refractivity contribution in [3.63, 3.8) is 0 Å². The molecule has 1 atom stereocenters. The third-order valence-corrected chi connectivity index (χ3v) is 3.87. The van der Waals surface area contributed by atoms with Crippen molar-refractivity contribution in [2.75, 3.05) is 17.3 Å². The van der Waals surface area contributed by atoms with Crippen LogP contribution in [0.5, 0.6) is 0 Å². The Hall–Kier alpha value is -0.870. The van der Waals surface area contributed by atoms with Crippen LogP contribution in [0.4, 0.5) is 5.69 Å². The third kappa shape index (κ3) is 2.11. The molecule has 1 heterocycles. The Morgan fingerprint density at radius 2 is 2.12 bits per heavy atom. The smallest absolute Gasteiger partial charge is 0.299 e. The Labute approximate surface area is 113 Å². The van der Waals surface area contributed by atoms with Crippen LogP contribution in [-0.4, -0.2) is 24.1 Å². The highest BCUT2D eigenvalue weighted by Gasteiger charge is 2.37. The third-order valence-electron chi connectivity index (χ3n) is 2.70. The Bertz CT molecular complexity index is 489. The molecule has 17 heavy (non-hydrogen) atoms. The number of ketones is 1. The number of hydrogen-bond donors (Lipinski definition) is 0. The number of rotatable bonds is 3. The fourth-order valence-electron chi connectivity index (χ4n) is 1.85. The predicted octanol–water partition coefficient (Wildman–Crippen LogP) is 2.85. The lowest BCUT2D eigenvalue weighted by Crippen LogP contribution is -2.34. The minimum Gasteiger partial charge on any atom is -0.303 e. The number of anilines is 1. The van der Waals surface area contributed by atoms with Crippen molar-refractivity contribution in [1.82, 2.24) is 0 Å². The lowest BCUT2D eigenvalue weighted by molar-refractivity contribution is -0.114. The van der Waals surface area contributed by atoms with Gasteiger partial charge in [0.15, 0.2) is 0 Å². The normalized spacial score (nSPS) is 16.3. The molecule has 0 fully saturated rings. The number of para-hydroxylation sites is 1. The van der Waals surface area contributed by atoms with E-state index in [9.17, 15) is 9.59 Å². The van der Waals surface area contributed by atoms with Gasteiger partial charge in [-0.2, -0.15) is 0 Å². The Morgan fingerprint density at radius 1 is 1.41 bits per heavy atom. The largest absolute Gasteiger partial charge is 0.303 e. The van der Waals surface area contributed by atoms with E-state index >= 15 is 0 Å². The molecule has 5 heteroatoms. The van der Waals surface area contributed by atoms with Crippen molar-refractivity contribution >= 4 is 44.9 Å². The van der Waals surface area contributed by atoms with Gasteiger partial charge in [-0.05, 0) is 34.0 Å². The molecule has 0 saturated carbocycles. The molecule has 0 aromatic heterocycles. The summed E-state index contributed by atoms with van der Waals surface area (Å²) < 4.78 is 0.760. The molecule has 0 aliphatic carbocycles. The summed E-state index contributed by atoms with van der Waals surface area (Å²) >= 11 is 9.12. The topological polar surface area (TPSA) is 37.4 Å². The first-order valence-electron chi connectivity index (χ1n) is 5.27. The SMILES string of the molecule is CC(CCl)CN1C(=O)C(=O)c2cccc(Br)c21. The number of carbonyl (C=O) groups excluding carboxylic acids is 2. The fourth-order valence-corrected chi connectivity index (χ4v) is 2.52. The lowest BCUT2D eigenvalue weighted by Gasteiger charge is -2.20. The van der Waals surface area contributed by atoms with Gasteiger partial charge < -0.3 is 4.90 Å². The molecule has 1 unspecified atom stereocenters. The maximum absolute atomic E-state index is 11.9. The summed E-state index contributed by atoms with van der Waals surface area (Å²) in [5.41, 5.74) is 1.13. The second-order valence-corrected chi connectivity index (χ2v) is 5.30. The standard InChI is InChI=1S/C12H11BrClNO2/c1-7(5-14)6-15-10-8(11(16)12(15)17)3-2-4-9(10)13/h2-4,7H,5-6H2,1H3. The van der Waals surface area contributed by atoms with Crippen LogP contribution in [0.2, 0.25) is 0 Å². The molecule has 3 nitrogen and oxygen atoms in total. The number of carbonyl (C=O) groups is 2. The van der Waals surface area contributed by atoms with E-state index in [1.165, 1.54) is 4.90 Å². The minimum atomic E-state index is -0.469. The number of halogens is 2. The van der Waals surface area contributed by atoms with Gasteiger partial charge >= 0.3 is 0 Å². The molecule has 0 saturated heterocycles. The molecule has 90 valence electrons. The van der Waals surface area contributed by atoms with Crippen molar-refractivity contribution in [2.24, 2.45) is 5.92 Å². The van der Waals surface area contributed by atoms with E-state index in [4.69, 9.17) is 11.6 Å². The van der Waals surface area contributed by atoms with Gasteiger partial charge in [0.25, 0.3) is 11.7 Å². The Balaban J connectivity index is 2.43. The molecule has 1 aliphatic heterocycles. The monoisotopic (exact) mass is 315 g/mol. The second-order valence-electron chi connectivity index (χ2n) is 4.14. The van der Waals surface area contributed by atoms with E-state index in [0.29, 0.717) is 23.7 Å². The molecule has 0 spiro atoms. The van der Waals surface area contributed by atoms with Crippen LogP contribution in [0.1, 0.15) is 17.3 Å². The van der Waals surface area contributed by atoms with E-state index in [1.807, 2.05) is 13.0 Å². The van der Waals surface area contributed by atoms with Crippen LogP contribution in [0.15, 0.2) is 22.7 Å². The average molecular weight is 317 g/mol. The van der Waals surface area contributed by atoms with Crippen molar-refractivity contribution in [2.45, 2.75) is 6.92 Å². The van der Waals surface area contributed by atoms with Crippen molar-refractivity contribution in [3.05, 3.63) is 28.2 Å².